The van der Waals surface area contributed by atoms with Crippen molar-refractivity contribution in [3.8, 4) is 0 Å². The topological polar surface area (TPSA) is 12.4 Å². The highest BCUT2D eigenvalue weighted by molar-refractivity contribution is 7.80. The van der Waals surface area contributed by atoms with E-state index >= 15 is 0 Å². The second-order valence-electron chi connectivity index (χ2n) is 9.97. The third-order valence-corrected chi connectivity index (χ3v) is 10.9. The standard InChI is InChI=1S/C29H32NP/c1-28(2)23-18-19-29(28,3)27(20-23)30-21-22-12-10-11-17-26(22)31(24-13-6-4-7-14-24)25-15-8-5-9-16-25/h4-17,21,23,27H,18-20H2,1-3H3/t23-,27+,29+/m1/s1. The van der Waals surface area contributed by atoms with Crippen molar-refractivity contribution in [2.75, 3.05) is 0 Å². The molecule has 0 aromatic heterocycles. The average Bonchev–Trinajstić information content (AvgIpc) is 3.14. The van der Waals surface area contributed by atoms with Crippen LogP contribution in [0.3, 0.4) is 0 Å². The van der Waals surface area contributed by atoms with Crippen LogP contribution in [0.4, 0.5) is 0 Å². The minimum Gasteiger partial charge on any atom is -0.289 e. The molecule has 2 aliphatic rings. The highest BCUT2D eigenvalue weighted by Gasteiger charge is 2.61. The summed E-state index contributed by atoms with van der Waals surface area (Å²) in [5, 5.41) is 4.17. The fourth-order valence-electron chi connectivity index (χ4n) is 5.94. The Kier molecular flexibility index (Phi) is 5.35. The average molecular weight is 426 g/mol. The lowest BCUT2D eigenvalue weighted by atomic mass is 9.69. The summed E-state index contributed by atoms with van der Waals surface area (Å²) in [6, 6.07) is 31.2. The molecule has 2 heteroatoms. The molecule has 0 unspecified atom stereocenters. The summed E-state index contributed by atoms with van der Waals surface area (Å²) in [5.41, 5.74) is 1.99. The first-order valence-corrected chi connectivity index (χ1v) is 12.9. The van der Waals surface area contributed by atoms with Crippen molar-refractivity contribution in [3.63, 3.8) is 0 Å². The third kappa shape index (κ3) is 3.48. The molecule has 158 valence electrons. The number of benzene rings is 3. The van der Waals surface area contributed by atoms with Crippen molar-refractivity contribution >= 4 is 30.0 Å². The molecule has 5 rings (SSSR count). The van der Waals surface area contributed by atoms with Gasteiger partial charge in [-0.15, -0.1) is 0 Å². The number of fused-ring (bicyclic) bond motifs is 2. The van der Waals surface area contributed by atoms with E-state index in [0.717, 1.165) is 5.92 Å². The van der Waals surface area contributed by atoms with Gasteiger partial charge in [0.1, 0.15) is 0 Å². The van der Waals surface area contributed by atoms with Crippen LogP contribution in [-0.4, -0.2) is 12.3 Å². The van der Waals surface area contributed by atoms with Gasteiger partial charge in [-0.05, 0) is 59.8 Å². The Morgan fingerprint density at radius 1 is 0.806 bits per heavy atom. The lowest BCUT2D eigenvalue weighted by Gasteiger charge is -2.37. The van der Waals surface area contributed by atoms with E-state index in [4.69, 9.17) is 4.99 Å². The lowest BCUT2D eigenvalue weighted by molar-refractivity contribution is 0.137. The first-order chi connectivity index (χ1) is 15.0. The minimum atomic E-state index is -0.619. The lowest BCUT2D eigenvalue weighted by Crippen LogP contribution is -2.34. The molecule has 0 heterocycles. The van der Waals surface area contributed by atoms with Gasteiger partial charge in [-0.1, -0.05) is 106 Å². The maximum Gasteiger partial charge on any atom is 0.0561 e. The van der Waals surface area contributed by atoms with Crippen molar-refractivity contribution in [3.05, 3.63) is 90.5 Å². The van der Waals surface area contributed by atoms with Gasteiger partial charge in [-0.3, -0.25) is 4.99 Å². The summed E-state index contributed by atoms with van der Waals surface area (Å²) in [5.74, 6) is 0.820. The number of hydrogen-bond donors (Lipinski definition) is 0. The van der Waals surface area contributed by atoms with Crippen LogP contribution in [0.25, 0.3) is 0 Å². The summed E-state index contributed by atoms with van der Waals surface area (Å²) < 4.78 is 0. The Morgan fingerprint density at radius 2 is 1.39 bits per heavy atom. The van der Waals surface area contributed by atoms with E-state index in [1.807, 2.05) is 0 Å². The molecule has 0 aliphatic heterocycles. The fraction of sp³-hybridized carbons (Fsp3) is 0.345. The first-order valence-electron chi connectivity index (χ1n) is 11.5. The van der Waals surface area contributed by atoms with E-state index in [1.165, 1.54) is 40.7 Å². The van der Waals surface area contributed by atoms with Crippen molar-refractivity contribution in [2.24, 2.45) is 21.7 Å². The summed E-state index contributed by atoms with van der Waals surface area (Å²) in [4.78, 5) is 5.26. The van der Waals surface area contributed by atoms with Crippen LogP contribution in [0.1, 0.15) is 45.6 Å². The molecule has 2 saturated carbocycles. The van der Waals surface area contributed by atoms with Gasteiger partial charge >= 0.3 is 0 Å². The largest absolute Gasteiger partial charge is 0.289 e. The van der Waals surface area contributed by atoms with Gasteiger partial charge in [-0.25, -0.2) is 0 Å². The second kappa shape index (κ2) is 8.03. The maximum absolute atomic E-state index is 5.26. The molecular weight excluding hydrogens is 393 g/mol. The molecule has 0 radical (unpaired) electrons. The summed E-state index contributed by atoms with van der Waals surface area (Å²) in [6.07, 6.45) is 6.13. The first kappa shape index (κ1) is 20.7. The molecule has 0 saturated heterocycles. The second-order valence-corrected chi connectivity index (χ2v) is 12.2. The van der Waals surface area contributed by atoms with E-state index < -0.39 is 7.92 Å². The van der Waals surface area contributed by atoms with Gasteiger partial charge in [0.25, 0.3) is 0 Å². The van der Waals surface area contributed by atoms with Gasteiger partial charge in [0.15, 0.2) is 0 Å². The SMILES string of the molecule is CC1(C)[C@@H]2CC[C@@]1(C)[C@@H](N=Cc1ccccc1P(c1ccccc1)c1ccccc1)C2. The molecule has 0 amide bonds. The molecule has 3 aromatic carbocycles. The van der Waals surface area contributed by atoms with Gasteiger partial charge in [0.2, 0.25) is 0 Å². The van der Waals surface area contributed by atoms with Gasteiger partial charge in [-0.2, -0.15) is 0 Å². The highest BCUT2D eigenvalue weighted by atomic mass is 31.1. The van der Waals surface area contributed by atoms with E-state index in [2.05, 4.69) is 112 Å². The van der Waals surface area contributed by atoms with Gasteiger partial charge < -0.3 is 0 Å². The molecule has 0 spiro atoms. The minimum absolute atomic E-state index is 0.326. The molecule has 0 N–H and O–H groups in total. The fourth-order valence-corrected chi connectivity index (χ4v) is 8.36. The van der Waals surface area contributed by atoms with Gasteiger partial charge in [0.05, 0.1) is 6.04 Å². The summed E-state index contributed by atoms with van der Waals surface area (Å²) in [7, 11) is -0.619. The molecular formula is C29H32NP. The molecule has 2 bridgehead atoms. The van der Waals surface area contributed by atoms with Gasteiger partial charge in [0, 0.05) is 11.8 Å². The Bertz CT molecular complexity index is 1030. The molecule has 31 heavy (non-hydrogen) atoms. The Hall–Kier alpha value is -2.24. The van der Waals surface area contributed by atoms with Crippen LogP contribution in [0.5, 0.6) is 0 Å². The van der Waals surface area contributed by atoms with Crippen LogP contribution >= 0.6 is 7.92 Å². The van der Waals surface area contributed by atoms with Crippen molar-refractivity contribution in [2.45, 2.75) is 46.1 Å². The monoisotopic (exact) mass is 425 g/mol. The maximum atomic E-state index is 5.26. The van der Waals surface area contributed by atoms with Crippen molar-refractivity contribution < 1.29 is 0 Å². The van der Waals surface area contributed by atoms with Crippen LogP contribution in [0.15, 0.2) is 89.9 Å². The Labute approximate surface area is 188 Å². The molecule has 3 aromatic rings. The zero-order valence-electron chi connectivity index (χ0n) is 18.8. The van der Waals surface area contributed by atoms with Crippen molar-refractivity contribution in [1.29, 1.82) is 0 Å². The van der Waals surface area contributed by atoms with Crippen LogP contribution in [0.2, 0.25) is 0 Å². The molecule has 1 nitrogen and oxygen atoms in total. The summed E-state index contributed by atoms with van der Waals surface area (Å²) in [6.45, 7) is 7.42. The Balaban J connectivity index is 1.54. The summed E-state index contributed by atoms with van der Waals surface area (Å²) >= 11 is 0. The molecule has 2 fully saturated rings. The zero-order valence-corrected chi connectivity index (χ0v) is 19.7. The number of aliphatic imine (C=N–C) groups is 1. The van der Waals surface area contributed by atoms with Crippen LogP contribution in [0, 0.1) is 16.7 Å². The number of hydrogen-bond acceptors (Lipinski definition) is 1. The van der Waals surface area contributed by atoms with Crippen molar-refractivity contribution in [1.82, 2.24) is 0 Å². The molecule has 3 atom stereocenters. The number of nitrogens with zero attached hydrogens (tertiary/aromatic N) is 1. The highest BCUT2D eigenvalue weighted by Crippen LogP contribution is 2.66. The number of rotatable bonds is 5. The predicted octanol–water partition coefficient (Wildman–Crippen LogP) is 6.08. The smallest absolute Gasteiger partial charge is 0.0561 e. The molecule has 2 aliphatic carbocycles. The van der Waals surface area contributed by atoms with E-state index in [1.54, 1.807) is 0 Å². The van der Waals surface area contributed by atoms with E-state index in [-0.39, 0.29) is 0 Å². The predicted molar refractivity (Wildman–Crippen MR) is 136 cm³/mol. The van der Waals surface area contributed by atoms with E-state index in [0.29, 0.717) is 16.9 Å². The van der Waals surface area contributed by atoms with E-state index in [9.17, 15) is 0 Å². The normalized spacial score (nSPS) is 26.7. The van der Waals surface area contributed by atoms with Crippen LogP contribution in [-0.2, 0) is 0 Å². The van der Waals surface area contributed by atoms with Crippen LogP contribution < -0.4 is 15.9 Å². The quantitative estimate of drug-likeness (QED) is 0.347. The third-order valence-electron chi connectivity index (χ3n) is 8.35. The zero-order chi connectivity index (χ0) is 21.5. The Morgan fingerprint density at radius 3 is 1.94 bits per heavy atom.